The summed E-state index contributed by atoms with van der Waals surface area (Å²) in [6.07, 6.45) is 26.1. The Kier molecular flexibility index (Phi) is 59.0. The predicted octanol–water partition coefficient (Wildman–Crippen LogP) is 19.4. The minimum atomic E-state index is -0.890. The van der Waals surface area contributed by atoms with E-state index >= 15 is 0 Å². The average Bonchev–Trinajstić information content (AvgIpc) is 0.844. The molecule has 4 aromatic carbocycles. The van der Waals surface area contributed by atoms with Gasteiger partial charge in [0, 0.05) is 63.7 Å². The summed E-state index contributed by atoms with van der Waals surface area (Å²) in [5, 5.41) is 14.0. The van der Waals surface area contributed by atoms with E-state index in [0.29, 0.717) is 66.2 Å². The molecule has 13 rings (SSSR count). The van der Waals surface area contributed by atoms with Crippen molar-refractivity contribution in [2.75, 3.05) is 67.3 Å². The molecule has 8 atom stereocenters. The first-order valence-electron chi connectivity index (χ1n) is 41.0. The van der Waals surface area contributed by atoms with Crippen LogP contribution in [0.25, 0.3) is 0 Å². The van der Waals surface area contributed by atoms with E-state index in [2.05, 4.69) is 197 Å². The number of likely N-dealkylation sites (tertiary alicyclic amines) is 3. The van der Waals surface area contributed by atoms with Gasteiger partial charge in [-0.3, -0.25) is 53.5 Å². The number of anilines is 4. The Morgan fingerprint density at radius 2 is 0.648 bits per heavy atom. The summed E-state index contributed by atoms with van der Waals surface area (Å²) in [5.41, 5.74) is 15.4. The van der Waals surface area contributed by atoms with Crippen LogP contribution in [0.5, 0.6) is 0 Å². The molecule has 2 unspecified atom stereocenters. The van der Waals surface area contributed by atoms with Gasteiger partial charge >= 0.3 is 66.2 Å². The molecule has 0 aliphatic carbocycles. The molecule has 5 aliphatic rings. The van der Waals surface area contributed by atoms with Gasteiger partial charge in [-0.2, -0.15) is 6.42 Å². The quantitative estimate of drug-likeness (QED) is 0.0368. The Balaban J connectivity index is -0.00000145. The van der Waals surface area contributed by atoms with E-state index in [1.165, 1.54) is 72.7 Å². The number of ether oxygens (including phenoxy) is 2. The zero-order valence-corrected chi connectivity index (χ0v) is 71.6. The molecule has 5 saturated heterocycles. The molecule has 5 N–H and O–H groups in total. The van der Waals surface area contributed by atoms with E-state index in [9.17, 15) is 38.4 Å². The number of carbonyl (C=O) groups is 8. The van der Waals surface area contributed by atoms with Crippen molar-refractivity contribution in [3.8, 4) is 0 Å². The fraction of sp³-hybridized carbons (Fsp3) is 0.480. The van der Waals surface area contributed by atoms with Gasteiger partial charge in [0.2, 0.25) is 0 Å². The van der Waals surface area contributed by atoms with Crippen LogP contribution in [0, 0.1) is 86.0 Å². The van der Waals surface area contributed by atoms with Crippen LogP contribution in [0.1, 0.15) is 269 Å². The SMILES string of the molecule is C.C.C.C.C.C.C.C.C1CCOC1.CCOC(=O)C(=O)Nc1cncc(C)c1.Cc1ccc(C2CCC(C)CN2)cc1.Cc1ccc([C@@H]2CC[C@@H](C)CN2C(=O)C(=O)Nc2cncc(C)c2)cc1.Cc1ccc([C@@H]2CC[C@@H](C)CN2C(=O)C(=O)Nc2cncc(C)c2)cc1.Cc1ccc([C@H]2CC[C@H](C)CN2C(=O)C(=O)Nc2cncc(C)c2)cc1.[CH2-]CCC.[Li+]. The Labute approximate surface area is 765 Å². The Morgan fingerprint density at radius 3 is 0.880 bits per heavy atom. The summed E-state index contributed by atoms with van der Waals surface area (Å²) in [6.45, 7) is 36.9. The number of nitrogens with one attached hydrogen (secondary N) is 5. The number of carbonyl (C=O) groups excluding carboxylic acids is 8. The molecule has 7 amide bonds. The smallest absolute Gasteiger partial charge is 0.459 e. The van der Waals surface area contributed by atoms with E-state index in [1.54, 1.807) is 89.3 Å². The van der Waals surface area contributed by atoms with Gasteiger partial charge in [-0.25, -0.2) is 4.79 Å². The molecule has 5 fully saturated rings. The normalized spacial score (nSPS) is 17.8. The van der Waals surface area contributed by atoms with Crippen LogP contribution in [0.4, 0.5) is 22.7 Å². The van der Waals surface area contributed by atoms with Gasteiger partial charge in [-0.1, -0.05) is 220 Å². The Bertz CT molecular complexity index is 4110. The van der Waals surface area contributed by atoms with Crippen molar-refractivity contribution in [2.24, 2.45) is 23.7 Å². The first-order chi connectivity index (χ1) is 55.6. The van der Waals surface area contributed by atoms with E-state index in [0.717, 1.165) is 103 Å². The van der Waals surface area contributed by atoms with Crippen LogP contribution in [-0.2, 0) is 47.8 Å². The molecule has 23 heteroatoms. The van der Waals surface area contributed by atoms with Crippen molar-refractivity contribution >= 4 is 70.1 Å². The van der Waals surface area contributed by atoms with Crippen LogP contribution in [0.15, 0.2) is 171 Å². The summed E-state index contributed by atoms with van der Waals surface area (Å²) in [6, 6.07) is 41.1. The van der Waals surface area contributed by atoms with Crippen molar-refractivity contribution in [3.63, 3.8) is 0 Å². The van der Waals surface area contributed by atoms with Crippen molar-refractivity contribution in [1.82, 2.24) is 40.0 Å². The monoisotopic (exact) mass is 1720 g/mol. The molecule has 0 bridgehead atoms. The van der Waals surface area contributed by atoms with Gasteiger partial charge in [0.25, 0.3) is 0 Å². The van der Waals surface area contributed by atoms with E-state index < -0.39 is 47.3 Å². The van der Waals surface area contributed by atoms with Crippen LogP contribution >= 0.6 is 0 Å². The number of pyridine rings is 4. The summed E-state index contributed by atoms with van der Waals surface area (Å²) >= 11 is 0. The van der Waals surface area contributed by atoms with Crippen molar-refractivity contribution in [1.29, 1.82) is 0 Å². The molecule has 8 aromatic rings. The fourth-order valence-corrected chi connectivity index (χ4v) is 13.9. The number of esters is 1. The maximum absolute atomic E-state index is 12.9. The van der Waals surface area contributed by atoms with Gasteiger partial charge in [-0.15, -0.1) is 0 Å². The predicted molar refractivity (Wildman–Crippen MR) is 514 cm³/mol. The van der Waals surface area contributed by atoms with Gasteiger partial charge < -0.3 is 57.7 Å². The number of aryl methyl sites for hydroxylation is 8. The van der Waals surface area contributed by atoms with Crippen LogP contribution < -0.4 is 45.4 Å². The molecule has 22 nitrogen and oxygen atoms in total. The Morgan fingerprint density at radius 1 is 0.384 bits per heavy atom. The summed E-state index contributed by atoms with van der Waals surface area (Å²) in [7, 11) is 0. The summed E-state index contributed by atoms with van der Waals surface area (Å²) in [5.74, 6) is -2.95. The number of unbranched alkanes of at least 4 members (excludes halogenated alkanes) is 1. The van der Waals surface area contributed by atoms with Crippen molar-refractivity contribution in [2.45, 2.75) is 258 Å². The van der Waals surface area contributed by atoms with Crippen molar-refractivity contribution < 1.29 is 66.7 Å². The van der Waals surface area contributed by atoms with Gasteiger partial charge in [0.05, 0.1) is 72.3 Å². The number of nitrogens with zero attached hydrogens (tertiary/aromatic N) is 7. The number of hydrogen-bond donors (Lipinski definition) is 5. The number of amides is 7. The van der Waals surface area contributed by atoms with E-state index in [4.69, 9.17) is 4.74 Å². The molecule has 125 heavy (non-hydrogen) atoms. The summed E-state index contributed by atoms with van der Waals surface area (Å²) in [4.78, 5) is 120. The zero-order chi connectivity index (χ0) is 84.2. The maximum Gasteiger partial charge on any atom is 1.00 e. The third-order valence-electron chi connectivity index (χ3n) is 20.5. The molecular weight excluding hydrogens is 1560 g/mol. The standard InChI is InChI=1S/3C21H25N3O2.C13H19N.C10H12N2O3.C4H8O.C4H9.8CH4.Li/c3*1-14-4-7-17(8-5-14)19-9-6-15(2)13-24(19)21(26)20(25)23-18-10-16(3)11-22-12-18;1-10-3-6-12(7-4-10)13-8-5-11(2)9-14-13;1-3-15-10(14)9(13)12-8-4-7(2)5-11-6-8;1-2-4-5-3-1;1-3-4-2;;;;;;;;;/h3*4-5,7-8,10-12,15,19H,6,9,13H2,1-3H3,(H,23,25);3-4,6-7,11,13-14H,5,8-9H2,1-2H3;4-6H,3H2,1-2H3,(H,12,13);1-4H2;1,3-4H2,2H3;8*1H4;/q;;;;;;-1;;;;;;;;;+1/t3*15-,19+;;;;;;;;;;;;;/m110............./s1. The third kappa shape index (κ3) is 40.3. The zero-order valence-electron chi connectivity index (χ0n) is 71.6. The molecule has 9 heterocycles. The van der Waals surface area contributed by atoms with Gasteiger partial charge in [-0.05, 0) is 226 Å². The van der Waals surface area contributed by atoms with Gasteiger partial charge in [0.15, 0.2) is 0 Å². The minimum Gasteiger partial charge on any atom is -0.459 e. The second-order valence-electron chi connectivity index (χ2n) is 31.5. The number of benzene rings is 4. The first kappa shape index (κ1) is 119. The largest absolute Gasteiger partial charge is 1.00 e. The van der Waals surface area contributed by atoms with E-state index in [-0.39, 0.29) is 103 Å². The first-order valence-corrected chi connectivity index (χ1v) is 41.0. The number of hydrogen-bond acceptors (Lipinski definition) is 15. The van der Waals surface area contributed by atoms with Crippen LogP contribution in [-0.4, -0.2) is 128 Å². The molecule has 5 aliphatic heterocycles. The van der Waals surface area contributed by atoms with Crippen LogP contribution in [0.2, 0.25) is 0 Å². The molecular formula is C102H155LiN12O10. The number of piperidine rings is 4. The molecule has 0 radical (unpaired) electrons. The molecule has 0 spiro atoms. The second-order valence-corrected chi connectivity index (χ2v) is 31.5. The van der Waals surface area contributed by atoms with Crippen LogP contribution in [0.3, 0.4) is 0 Å². The molecule has 684 valence electrons. The van der Waals surface area contributed by atoms with Gasteiger partial charge in [0.1, 0.15) is 0 Å². The maximum atomic E-state index is 12.9. The topological polar surface area (TPSA) is 276 Å². The molecule has 4 aromatic heterocycles. The van der Waals surface area contributed by atoms with E-state index in [1.807, 2.05) is 48.5 Å². The summed E-state index contributed by atoms with van der Waals surface area (Å²) < 4.78 is 9.48. The second kappa shape index (κ2) is 62.0. The number of aromatic nitrogens is 4. The average molecular weight is 1720 g/mol. The molecule has 0 saturated carbocycles. The van der Waals surface area contributed by atoms with Crippen molar-refractivity contribution in [3.05, 3.63) is 245 Å². The minimum absolute atomic E-state index is 0. The number of rotatable bonds is 10. The third-order valence-corrected chi connectivity index (χ3v) is 20.5. The Hall–Kier alpha value is -10.2. The fourth-order valence-electron chi connectivity index (χ4n) is 13.9.